The summed E-state index contributed by atoms with van der Waals surface area (Å²) in [7, 11) is 0. The zero-order valence-corrected chi connectivity index (χ0v) is 16.4. The molecule has 2 aromatic heterocycles. The minimum Gasteiger partial charge on any atom is -0.378 e. The number of anilines is 1. The van der Waals surface area contributed by atoms with Crippen LogP contribution in [-0.4, -0.2) is 42.2 Å². The van der Waals surface area contributed by atoms with E-state index in [0.717, 1.165) is 48.6 Å². The Kier molecular flexibility index (Phi) is 5.41. The Hall–Kier alpha value is -2.70. The zero-order chi connectivity index (χ0) is 19.5. The van der Waals surface area contributed by atoms with Crippen molar-refractivity contribution in [1.82, 2.24) is 15.3 Å². The Morgan fingerprint density at radius 2 is 2.04 bits per heavy atom. The van der Waals surface area contributed by atoms with Crippen LogP contribution in [0, 0.1) is 6.92 Å². The van der Waals surface area contributed by atoms with Crippen molar-refractivity contribution in [2.24, 2.45) is 0 Å². The molecular formula is C21H21ClN4O2. The van der Waals surface area contributed by atoms with Gasteiger partial charge in [0, 0.05) is 36.2 Å². The molecule has 6 nitrogen and oxygen atoms in total. The average Bonchev–Trinajstić information content (AvgIpc) is 2.73. The van der Waals surface area contributed by atoms with E-state index in [1.807, 2.05) is 37.3 Å². The second kappa shape index (κ2) is 8.12. The molecule has 3 aromatic rings. The number of hydrogen-bond acceptors (Lipinski definition) is 5. The van der Waals surface area contributed by atoms with Gasteiger partial charge in [-0.15, -0.1) is 0 Å². The Balaban J connectivity index is 1.44. The lowest BCUT2D eigenvalue weighted by Gasteiger charge is -2.27. The van der Waals surface area contributed by atoms with E-state index in [1.165, 1.54) is 0 Å². The summed E-state index contributed by atoms with van der Waals surface area (Å²) < 4.78 is 5.37. The first-order valence-electron chi connectivity index (χ1n) is 9.23. The third-order valence-corrected chi connectivity index (χ3v) is 5.04. The van der Waals surface area contributed by atoms with Gasteiger partial charge >= 0.3 is 0 Å². The minimum absolute atomic E-state index is 0.163. The molecule has 144 valence electrons. The quantitative estimate of drug-likeness (QED) is 0.732. The molecule has 28 heavy (non-hydrogen) atoms. The van der Waals surface area contributed by atoms with Crippen molar-refractivity contribution in [2.75, 3.05) is 31.2 Å². The number of hydrogen-bond donors (Lipinski definition) is 1. The number of aromatic nitrogens is 2. The van der Waals surface area contributed by atoms with Gasteiger partial charge in [0.25, 0.3) is 5.91 Å². The Bertz CT molecular complexity index is 1000. The number of rotatable bonds is 4. The number of ether oxygens (including phenoxy) is 1. The Morgan fingerprint density at radius 1 is 1.21 bits per heavy atom. The van der Waals surface area contributed by atoms with Gasteiger partial charge in [-0.25, -0.2) is 4.98 Å². The highest BCUT2D eigenvalue weighted by atomic mass is 35.5. The summed E-state index contributed by atoms with van der Waals surface area (Å²) in [4.78, 5) is 23.9. The summed E-state index contributed by atoms with van der Waals surface area (Å²) in [5, 5.41) is 4.42. The lowest BCUT2D eigenvalue weighted by molar-refractivity contribution is 0.0950. The lowest BCUT2D eigenvalue weighted by atomic mass is 10.1. The lowest BCUT2D eigenvalue weighted by Crippen LogP contribution is -2.36. The molecule has 0 radical (unpaired) electrons. The molecule has 0 spiro atoms. The second-order valence-electron chi connectivity index (χ2n) is 6.77. The number of carbonyl (C=O) groups excluding carboxylic acids is 1. The molecule has 1 fully saturated rings. The third kappa shape index (κ3) is 4.08. The molecule has 7 heteroatoms. The maximum Gasteiger partial charge on any atom is 0.253 e. The predicted octanol–water partition coefficient (Wildman–Crippen LogP) is 3.36. The van der Waals surface area contributed by atoms with Crippen LogP contribution < -0.4 is 10.2 Å². The van der Waals surface area contributed by atoms with Crippen LogP contribution in [0.25, 0.3) is 10.9 Å². The van der Waals surface area contributed by atoms with Crippen LogP contribution in [0.5, 0.6) is 0 Å². The molecule has 1 aliphatic heterocycles. The van der Waals surface area contributed by atoms with Crippen molar-refractivity contribution in [3.05, 3.63) is 64.4 Å². The molecule has 4 rings (SSSR count). The van der Waals surface area contributed by atoms with Crippen molar-refractivity contribution in [3.63, 3.8) is 0 Å². The number of amides is 1. The number of halogens is 1. The maximum atomic E-state index is 12.7. The summed E-state index contributed by atoms with van der Waals surface area (Å²) >= 11 is 6.05. The summed E-state index contributed by atoms with van der Waals surface area (Å²) in [5.41, 5.74) is 3.00. The molecule has 0 bridgehead atoms. The fraction of sp³-hybridized carbons (Fsp3) is 0.286. The first-order valence-corrected chi connectivity index (χ1v) is 9.61. The SMILES string of the molecule is Cc1nc2ccc(Cl)cc2cc1C(=O)NCc1ccc(N2CCOCC2)nc1. The summed E-state index contributed by atoms with van der Waals surface area (Å²) in [5.74, 6) is 0.772. The van der Waals surface area contributed by atoms with Gasteiger partial charge in [0.05, 0.1) is 30.0 Å². The molecular weight excluding hydrogens is 376 g/mol. The van der Waals surface area contributed by atoms with Crippen LogP contribution >= 0.6 is 11.6 Å². The van der Waals surface area contributed by atoms with E-state index < -0.39 is 0 Å². The predicted molar refractivity (Wildman–Crippen MR) is 110 cm³/mol. The zero-order valence-electron chi connectivity index (χ0n) is 15.6. The highest BCUT2D eigenvalue weighted by molar-refractivity contribution is 6.31. The molecule has 1 N–H and O–H groups in total. The first kappa shape index (κ1) is 18.7. The number of fused-ring (bicyclic) bond motifs is 1. The Labute approximate surface area is 168 Å². The molecule has 0 atom stereocenters. The molecule has 3 heterocycles. The van der Waals surface area contributed by atoms with E-state index in [0.29, 0.717) is 22.8 Å². The van der Waals surface area contributed by atoms with Crippen LogP contribution in [0.15, 0.2) is 42.6 Å². The van der Waals surface area contributed by atoms with Crippen LogP contribution in [0.1, 0.15) is 21.6 Å². The molecule has 1 saturated heterocycles. The van der Waals surface area contributed by atoms with E-state index in [2.05, 4.69) is 20.2 Å². The summed E-state index contributed by atoms with van der Waals surface area (Å²) in [6.07, 6.45) is 1.80. The monoisotopic (exact) mass is 396 g/mol. The van der Waals surface area contributed by atoms with Crippen LogP contribution in [0.3, 0.4) is 0 Å². The summed E-state index contributed by atoms with van der Waals surface area (Å²) in [6, 6.07) is 11.3. The van der Waals surface area contributed by atoms with Crippen LogP contribution in [0.2, 0.25) is 5.02 Å². The van der Waals surface area contributed by atoms with Gasteiger partial charge in [0.2, 0.25) is 0 Å². The number of nitrogens with zero attached hydrogens (tertiary/aromatic N) is 3. The molecule has 0 aliphatic carbocycles. The van der Waals surface area contributed by atoms with E-state index in [4.69, 9.17) is 16.3 Å². The number of morpholine rings is 1. The molecule has 0 unspecified atom stereocenters. The van der Waals surface area contributed by atoms with Crippen molar-refractivity contribution in [3.8, 4) is 0 Å². The van der Waals surface area contributed by atoms with E-state index in [-0.39, 0.29) is 5.91 Å². The normalized spacial score (nSPS) is 14.3. The van der Waals surface area contributed by atoms with E-state index in [1.54, 1.807) is 12.3 Å². The standard InChI is InChI=1S/C21H21ClN4O2/c1-14-18(11-16-10-17(22)3-4-19(16)25-14)21(27)24-13-15-2-5-20(23-12-15)26-6-8-28-9-7-26/h2-5,10-12H,6-9,13H2,1H3,(H,24,27). The first-order chi connectivity index (χ1) is 13.6. The fourth-order valence-electron chi connectivity index (χ4n) is 3.25. The number of nitrogens with one attached hydrogen (secondary N) is 1. The van der Waals surface area contributed by atoms with Gasteiger partial charge in [-0.05, 0) is 42.8 Å². The molecule has 1 amide bonds. The summed E-state index contributed by atoms with van der Waals surface area (Å²) in [6.45, 7) is 5.39. The fourth-order valence-corrected chi connectivity index (χ4v) is 3.43. The van der Waals surface area contributed by atoms with Crippen molar-refractivity contribution in [1.29, 1.82) is 0 Å². The van der Waals surface area contributed by atoms with Crippen LogP contribution in [0.4, 0.5) is 5.82 Å². The van der Waals surface area contributed by atoms with Gasteiger partial charge in [0.15, 0.2) is 0 Å². The van der Waals surface area contributed by atoms with Gasteiger partial charge in [-0.2, -0.15) is 0 Å². The maximum absolute atomic E-state index is 12.7. The number of carbonyl (C=O) groups is 1. The van der Waals surface area contributed by atoms with Gasteiger partial charge in [-0.1, -0.05) is 17.7 Å². The molecule has 1 aliphatic rings. The molecule has 0 saturated carbocycles. The van der Waals surface area contributed by atoms with Gasteiger partial charge < -0.3 is 15.0 Å². The van der Waals surface area contributed by atoms with Crippen molar-refractivity contribution < 1.29 is 9.53 Å². The largest absolute Gasteiger partial charge is 0.378 e. The average molecular weight is 397 g/mol. The minimum atomic E-state index is -0.163. The highest BCUT2D eigenvalue weighted by Crippen LogP contribution is 2.21. The van der Waals surface area contributed by atoms with E-state index >= 15 is 0 Å². The van der Waals surface area contributed by atoms with Crippen molar-refractivity contribution in [2.45, 2.75) is 13.5 Å². The van der Waals surface area contributed by atoms with Gasteiger partial charge in [-0.3, -0.25) is 9.78 Å². The molecule has 1 aromatic carbocycles. The smallest absolute Gasteiger partial charge is 0.253 e. The number of pyridine rings is 2. The van der Waals surface area contributed by atoms with Crippen molar-refractivity contribution >= 4 is 34.2 Å². The number of benzene rings is 1. The number of aryl methyl sites for hydroxylation is 1. The topological polar surface area (TPSA) is 67.4 Å². The van der Waals surface area contributed by atoms with Gasteiger partial charge in [0.1, 0.15) is 5.82 Å². The van der Waals surface area contributed by atoms with E-state index in [9.17, 15) is 4.79 Å². The Morgan fingerprint density at radius 3 is 2.79 bits per heavy atom. The highest BCUT2D eigenvalue weighted by Gasteiger charge is 2.14. The second-order valence-corrected chi connectivity index (χ2v) is 7.20. The third-order valence-electron chi connectivity index (χ3n) is 4.81. The van der Waals surface area contributed by atoms with Crippen LogP contribution in [-0.2, 0) is 11.3 Å².